The molecule has 0 radical (unpaired) electrons. The number of nitrogens with one attached hydrogen (secondary N) is 1. The van der Waals surface area contributed by atoms with Crippen molar-refractivity contribution in [3.8, 4) is 11.5 Å². The topological polar surface area (TPSA) is 74.2 Å². The monoisotopic (exact) mass is 548 g/mol. The van der Waals surface area contributed by atoms with Crippen LogP contribution in [-0.4, -0.2) is 61.8 Å². The summed E-state index contributed by atoms with van der Waals surface area (Å²) in [6.07, 6.45) is -0.208. The van der Waals surface area contributed by atoms with Crippen LogP contribution in [0.5, 0.6) is 11.5 Å². The van der Waals surface area contributed by atoms with Crippen molar-refractivity contribution in [2.75, 3.05) is 44.3 Å². The lowest BCUT2D eigenvalue weighted by Crippen LogP contribution is -2.42. The van der Waals surface area contributed by atoms with Crippen LogP contribution in [0.25, 0.3) is 0 Å². The van der Waals surface area contributed by atoms with Gasteiger partial charge in [0.1, 0.15) is 36.9 Å². The van der Waals surface area contributed by atoms with E-state index in [1.807, 2.05) is 29.2 Å². The Balaban J connectivity index is 1.47. The van der Waals surface area contributed by atoms with Crippen LogP contribution in [0.15, 0.2) is 60.7 Å². The summed E-state index contributed by atoms with van der Waals surface area (Å²) in [5.74, 6) is -3.65. The van der Waals surface area contributed by atoms with Gasteiger partial charge >= 0.3 is 0 Å². The average molecular weight is 549 g/mol. The Bertz CT molecular complexity index is 1160. The van der Waals surface area contributed by atoms with Crippen LogP contribution in [0.4, 0.5) is 23.2 Å². The van der Waals surface area contributed by atoms with Gasteiger partial charge in [-0.1, -0.05) is 18.2 Å². The van der Waals surface area contributed by atoms with Crippen molar-refractivity contribution in [1.82, 2.24) is 5.32 Å². The van der Waals surface area contributed by atoms with Crippen molar-refractivity contribution in [1.29, 1.82) is 0 Å². The summed E-state index contributed by atoms with van der Waals surface area (Å²) in [4.78, 5) is 1.83. The molecule has 1 saturated heterocycles. The van der Waals surface area contributed by atoms with E-state index in [4.69, 9.17) is 9.47 Å². The number of nitrogens with zero attached hydrogens (tertiary/aromatic N) is 1. The summed E-state index contributed by atoms with van der Waals surface area (Å²) in [5.41, 5.74) is 1.92. The summed E-state index contributed by atoms with van der Waals surface area (Å²) in [6, 6.07) is 14.0. The summed E-state index contributed by atoms with van der Waals surface area (Å²) >= 11 is 0. The molecule has 0 saturated carbocycles. The second-order valence-corrected chi connectivity index (χ2v) is 9.57. The van der Waals surface area contributed by atoms with Gasteiger partial charge in [-0.25, -0.2) is 17.6 Å². The van der Waals surface area contributed by atoms with Gasteiger partial charge in [-0.3, -0.25) is 0 Å². The molecule has 0 spiro atoms. The van der Waals surface area contributed by atoms with Crippen molar-refractivity contribution >= 4 is 5.69 Å². The van der Waals surface area contributed by atoms with Gasteiger partial charge in [0.05, 0.1) is 0 Å². The maximum Gasteiger partial charge on any atom is 0.162 e. The minimum atomic E-state index is -1.05. The number of halogens is 4. The van der Waals surface area contributed by atoms with Crippen LogP contribution in [0.3, 0.4) is 0 Å². The summed E-state index contributed by atoms with van der Waals surface area (Å²) in [7, 11) is 0. The molecule has 1 fully saturated rings. The van der Waals surface area contributed by atoms with E-state index in [9.17, 15) is 27.8 Å². The van der Waals surface area contributed by atoms with Gasteiger partial charge in [0.2, 0.25) is 0 Å². The van der Waals surface area contributed by atoms with Crippen molar-refractivity contribution in [2.24, 2.45) is 0 Å². The Morgan fingerprint density at radius 1 is 0.744 bits per heavy atom. The molecule has 10 heteroatoms. The second kappa shape index (κ2) is 13.6. The lowest BCUT2D eigenvalue weighted by atomic mass is 9.88. The number of para-hydroxylation sites is 1. The number of piperidine rings is 1. The highest BCUT2D eigenvalue weighted by molar-refractivity contribution is 5.55. The van der Waals surface area contributed by atoms with Gasteiger partial charge < -0.3 is 29.9 Å². The van der Waals surface area contributed by atoms with E-state index >= 15 is 0 Å². The van der Waals surface area contributed by atoms with Crippen molar-refractivity contribution in [3.05, 3.63) is 89.5 Å². The first-order valence-electron chi connectivity index (χ1n) is 12.9. The largest absolute Gasteiger partial charge is 0.491 e. The maximum absolute atomic E-state index is 13.5. The third-order valence-electron chi connectivity index (χ3n) is 6.59. The Morgan fingerprint density at radius 2 is 1.26 bits per heavy atom. The molecule has 3 aromatic carbocycles. The Kier molecular flexibility index (Phi) is 10.0. The van der Waals surface area contributed by atoms with Gasteiger partial charge in [0.25, 0.3) is 0 Å². The van der Waals surface area contributed by atoms with Gasteiger partial charge in [-0.15, -0.1) is 0 Å². The summed E-state index contributed by atoms with van der Waals surface area (Å²) in [6.45, 7) is 1.50. The highest BCUT2D eigenvalue weighted by atomic mass is 19.2. The molecule has 3 aromatic rings. The molecule has 210 valence electrons. The van der Waals surface area contributed by atoms with Gasteiger partial charge in [-0.05, 0) is 67.7 Å². The fraction of sp³-hybridized carbons (Fsp3) is 0.379. The van der Waals surface area contributed by atoms with E-state index < -0.39 is 35.5 Å². The van der Waals surface area contributed by atoms with Gasteiger partial charge in [0, 0.05) is 30.9 Å². The molecule has 1 heterocycles. The van der Waals surface area contributed by atoms with Gasteiger partial charge in [0.15, 0.2) is 23.3 Å². The van der Waals surface area contributed by atoms with Crippen LogP contribution in [0.2, 0.25) is 0 Å². The van der Waals surface area contributed by atoms with E-state index in [0.29, 0.717) is 0 Å². The average Bonchev–Trinajstić information content (AvgIpc) is 2.94. The van der Waals surface area contributed by atoms with Crippen molar-refractivity contribution in [3.63, 3.8) is 0 Å². The van der Waals surface area contributed by atoms with Gasteiger partial charge in [-0.2, -0.15) is 0 Å². The predicted octanol–water partition coefficient (Wildman–Crippen LogP) is 4.40. The number of hydrogen-bond donors (Lipinski definition) is 3. The SMILES string of the molecule is OC(COc1ccc(F)c(F)c1)CN(CC(O)COc1ccc(F)c(F)c1)c1ccccc1C1CCNCC1. The lowest BCUT2D eigenvalue weighted by Gasteiger charge is -2.34. The predicted molar refractivity (Wildman–Crippen MR) is 139 cm³/mol. The fourth-order valence-corrected chi connectivity index (χ4v) is 4.66. The molecule has 0 aromatic heterocycles. The first-order chi connectivity index (χ1) is 18.8. The lowest BCUT2D eigenvalue weighted by molar-refractivity contribution is 0.0951. The minimum Gasteiger partial charge on any atom is -0.491 e. The molecule has 0 amide bonds. The number of aliphatic hydroxyl groups excluding tert-OH is 2. The number of aliphatic hydroxyl groups is 2. The van der Waals surface area contributed by atoms with E-state index in [1.54, 1.807) is 0 Å². The molecule has 2 unspecified atom stereocenters. The number of rotatable bonds is 12. The van der Waals surface area contributed by atoms with Crippen molar-refractivity contribution < 1.29 is 37.2 Å². The molecule has 39 heavy (non-hydrogen) atoms. The molecule has 2 atom stereocenters. The molecule has 0 aliphatic carbocycles. The second-order valence-electron chi connectivity index (χ2n) is 9.57. The smallest absolute Gasteiger partial charge is 0.162 e. The normalized spacial score (nSPS) is 15.5. The summed E-state index contributed by atoms with van der Waals surface area (Å²) < 4.78 is 64.4. The molecule has 3 N–H and O–H groups in total. The number of benzene rings is 3. The molecule has 1 aliphatic heterocycles. The van der Waals surface area contributed by atoms with E-state index in [0.717, 1.165) is 61.4 Å². The highest BCUT2D eigenvalue weighted by Crippen LogP contribution is 2.33. The number of hydrogen-bond acceptors (Lipinski definition) is 6. The molecule has 4 rings (SSSR count). The number of ether oxygens (including phenoxy) is 2. The molecule has 1 aliphatic rings. The van der Waals surface area contributed by atoms with Crippen LogP contribution in [-0.2, 0) is 0 Å². The first-order valence-corrected chi connectivity index (χ1v) is 12.9. The summed E-state index contributed by atoms with van der Waals surface area (Å²) in [5, 5.41) is 25.0. The van der Waals surface area contributed by atoms with Crippen LogP contribution >= 0.6 is 0 Å². The molecule has 6 nitrogen and oxygen atoms in total. The minimum absolute atomic E-state index is 0.0634. The number of anilines is 1. The van der Waals surface area contributed by atoms with Crippen LogP contribution in [0.1, 0.15) is 24.3 Å². The van der Waals surface area contributed by atoms with Crippen LogP contribution < -0.4 is 19.7 Å². The standard InChI is InChI=1S/C29H32F4N2O4/c30-25-7-5-22(13-27(25)32)38-17-20(36)15-35(16-21(37)18-39-23-6-8-26(31)28(33)14-23)29-4-2-1-3-24(29)19-9-11-34-12-10-19/h1-8,13-14,19-21,34,36-37H,9-12,15-18H2. The first kappa shape index (κ1) is 28.7. The highest BCUT2D eigenvalue weighted by Gasteiger charge is 2.24. The van der Waals surface area contributed by atoms with E-state index in [-0.39, 0.29) is 43.7 Å². The Morgan fingerprint density at radius 3 is 1.77 bits per heavy atom. The fourth-order valence-electron chi connectivity index (χ4n) is 4.66. The Labute approximate surface area is 224 Å². The molecule has 0 bridgehead atoms. The zero-order valence-corrected chi connectivity index (χ0v) is 21.3. The molecular formula is C29H32F4N2O4. The molecular weight excluding hydrogens is 516 g/mol. The quantitative estimate of drug-likeness (QED) is 0.292. The van der Waals surface area contributed by atoms with E-state index in [1.165, 1.54) is 12.1 Å². The van der Waals surface area contributed by atoms with Crippen LogP contribution in [0, 0.1) is 23.3 Å². The van der Waals surface area contributed by atoms with Crippen molar-refractivity contribution in [2.45, 2.75) is 31.0 Å². The maximum atomic E-state index is 13.5. The van der Waals surface area contributed by atoms with E-state index in [2.05, 4.69) is 5.32 Å². The third-order valence-corrected chi connectivity index (χ3v) is 6.59. The Hall–Kier alpha value is -3.34. The zero-order valence-electron chi connectivity index (χ0n) is 21.3. The zero-order chi connectivity index (χ0) is 27.8. The third kappa shape index (κ3) is 8.08.